The molecule has 2 aliphatic rings. The lowest BCUT2D eigenvalue weighted by Crippen LogP contribution is -2.51. The van der Waals surface area contributed by atoms with E-state index in [-0.39, 0.29) is 35.4 Å². The number of nitrogens with one attached hydrogen (secondary N) is 2. The van der Waals surface area contributed by atoms with Gasteiger partial charge in [-0.1, -0.05) is 6.42 Å². The van der Waals surface area contributed by atoms with Crippen LogP contribution in [0.1, 0.15) is 47.0 Å². The Hall–Kier alpha value is -0.610. The fourth-order valence-corrected chi connectivity index (χ4v) is 3.83. The Morgan fingerprint density at radius 1 is 1.00 bits per heavy atom. The number of likely N-dealkylation sites (tertiary alicyclic amines) is 1. The molecule has 1 amide bonds. The molecule has 2 rings (SSSR count). The summed E-state index contributed by atoms with van der Waals surface area (Å²) < 4.78 is 0. The number of piperidine rings is 1. The summed E-state index contributed by atoms with van der Waals surface area (Å²) >= 11 is 0. The minimum Gasteiger partial charge on any atom is -0.357 e. The average molecular weight is 508 g/mol. The summed E-state index contributed by atoms with van der Waals surface area (Å²) in [5.74, 6) is 1.09. The molecule has 0 radical (unpaired) electrons. The number of guanidine groups is 1. The minimum absolute atomic E-state index is 0. The molecule has 7 nitrogen and oxygen atoms in total. The number of carbonyl (C=O) groups is 1. The molecule has 0 aliphatic carbocycles. The van der Waals surface area contributed by atoms with Crippen molar-refractivity contribution >= 4 is 35.8 Å². The lowest BCUT2D eigenvalue weighted by molar-refractivity contribution is -0.130. The predicted molar refractivity (Wildman–Crippen MR) is 128 cm³/mol. The van der Waals surface area contributed by atoms with Crippen molar-refractivity contribution in [2.75, 3.05) is 65.4 Å². The molecule has 0 aromatic rings. The molecule has 0 aromatic carbocycles. The molecule has 28 heavy (non-hydrogen) atoms. The first kappa shape index (κ1) is 25.4. The second-order valence-electron chi connectivity index (χ2n) is 8.33. The summed E-state index contributed by atoms with van der Waals surface area (Å²) in [5.41, 5.74) is 0.103. The molecule has 2 N–H and O–H groups in total. The van der Waals surface area contributed by atoms with Crippen LogP contribution in [0.4, 0.5) is 0 Å². The fourth-order valence-electron chi connectivity index (χ4n) is 3.83. The van der Waals surface area contributed by atoms with Gasteiger partial charge < -0.3 is 15.5 Å². The van der Waals surface area contributed by atoms with E-state index in [1.54, 1.807) is 6.92 Å². The van der Waals surface area contributed by atoms with E-state index < -0.39 is 0 Å². The Balaban J connectivity index is 0.00000392. The van der Waals surface area contributed by atoms with Crippen LogP contribution in [0.15, 0.2) is 4.99 Å². The SMILES string of the molecule is CCNC(=NCC(C)(C)N1CCCCC1)NCCN1CCN(C(C)=O)CC1.I. The summed E-state index contributed by atoms with van der Waals surface area (Å²) in [6.45, 7) is 17.9. The van der Waals surface area contributed by atoms with Crippen molar-refractivity contribution in [3.05, 3.63) is 0 Å². The zero-order chi connectivity index (χ0) is 19.7. The predicted octanol–water partition coefficient (Wildman–Crippen LogP) is 1.59. The third-order valence-corrected chi connectivity index (χ3v) is 5.72. The second-order valence-corrected chi connectivity index (χ2v) is 8.33. The van der Waals surface area contributed by atoms with Gasteiger partial charge >= 0.3 is 0 Å². The van der Waals surface area contributed by atoms with Crippen LogP contribution in [0.3, 0.4) is 0 Å². The van der Waals surface area contributed by atoms with Gasteiger partial charge in [0.15, 0.2) is 5.96 Å². The van der Waals surface area contributed by atoms with E-state index in [4.69, 9.17) is 4.99 Å². The summed E-state index contributed by atoms with van der Waals surface area (Å²) in [7, 11) is 0. The van der Waals surface area contributed by atoms with Crippen LogP contribution >= 0.6 is 24.0 Å². The van der Waals surface area contributed by atoms with E-state index in [2.05, 4.69) is 41.2 Å². The Morgan fingerprint density at radius 3 is 2.21 bits per heavy atom. The number of hydrogen-bond donors (Lipinski definition) is 2. The van der Waals surface area contributed by atoms with Gasteiger partial charge in [-0.2, -0.15) is 0 Å². The van der Waals surface area contributed by atoms with Crippen LogP contribution in [0.2, 0.25) is 0 Å². The van der Waals surface area contributed by atoms with Gasteiger partial charge in [-0.15, -0.1) is 24.0 Å². The number of piperazine rings is 1. The summed E-state index contributed by atoms with van der Waals surface area (Å²) in [6, 6.07) is 0. The van der Waals surface area contributed by atoms with Crippen LogP contribution in [-0.2, 0) is 4.79 Å². The van der Waals surface area contributed by atoms with Crippen molar-refractivity contribution in [3.8, 4) is 0 Å². The molecular formula is C20H41IN6O. The fraction of sp³-hybridized carbons (Fsp3) is 0.900. The van der Waals surface area contributed by atoms with Crippen LogP contribution in [0, 0.1) is 0 Å². The van der Waals surface area contributed by atoms with E-state index in [1.165, 1.54) is 32.4 Å². The summed E-state index contributed by atoms with van der Waals surface area (Å²) in [5, 5.41) is 6.84. The van der Waals surface area contributed by atoms with Gasteiger partial charge in [0.2, 0.25) is 5.91 Å². The van der Waals surface area contributed by atoms with Crippen molar-refractivity contribution in [3.63, 3.8) is 0 Å². The number of rotatable bonds is 7. The van der Waals surface area contributed by atoms with E-state index >= 15 is 0 Å². The first-order chi connectivity index (χ1) is 12.9. The first-order valence-corrected chi connectivity index (χ1v) is 10.7. The molecule has 2 aliphatic heterocycles. The van der Waals surface area contributed by atoms with Crippen molar-refractivity contribution in [2.24, 2.45) is 4.99 Å². The molecule has 0 aromatic heterocycles. The van der Waals surface area contributed by atoms with E-state index in [0.717, 1.165) is 58.3 Å². The van der Waals surface area contributed by atoms with E-state index in [1.807, 2.05) is 4.90 Å². The van der Waals surface area contributed by atoms with Gasteiger partial charge in [-0.05, 0) is 46.7 Å². The van der Waals surface area contributed by atoms with Crippen molar-refractivity contribution in [2.45, 2.75) is 52.5 Å². The van der Waals surface area contributed by atoms with Gasteiger partial charge in [0.05, 0.1) is 6.54 Å². The quantitative estimate of drug-likeness (QED) is 0.311. The van der Waals surface area contributed by atoms with Gasteiger partial charge in [0, 0.05) is 58.3 Å². The molecule has 164 valence electrons. The zero-order valence-corrected chi connectivity index (χ0v) is 20.6. The highest BCUT2D eigenvalue weighted by Gasteiger charge is 2.27. The standard InChI is InChI=1S/C20H40N6O.HI/c1-5-21-19(23-17-20(3,4)26-10-7-6-8-11-26)22-9-12-24-13-15-25(16-14-24)18(2)27;/h5-17H2,1-4H3,(H2,21,22,23);1H. The maximum absolute atomic E-state index is 11.4. The molecule has 8 heteroatoms. The van der Waals surface area contributed by atoms with Crippen LogP contribution in [0.25, 0.3) is 0 Å². The van der Waals surface area contributed by atoms with Crippen LogP contribution in [-0.4, -0.2) is 97.6 Å². The van der Waals surface area contributed by atoms with Gasteiger partial charge in [0.25, 0.3) is 0 Å². The summed E-state index contributed by atoms with van der Waals surface area (Å²) in [6.07, 6.45) is 3.98. The number of nitrogens with zero attached hydrogens (tertiary/aromatic N) is 4. The molecule has 2 saturated heterocycles. The average Bonchev–Trinajstić information content (AvgIpc) is 2.67. The number of halogens is 1. The molecule has 0 unspecified atom stereocenters. The van der Waals surface area contributed by atoms with Gasteiger partial charge in [0.1, 0.15) is 0 Å². The van der Waals surface area contributed by atoms with Crippen molar-refractivity contribution in [1.29, 1.82) is 0 Å². The Labute approximate surface area is 188 Å². The maximum atomic E-state index is 11.4. The Morgan fingerprint density at radius 2 is 1.64 bits per heavy atom. The topological polar surface area (TPSA) is 63.2 Å². The normalized spacial score (nSPS) is 19.9. The number of hydrogen-bond acceptors (Lipinski definition) is 4. The molecule has 2 fully saturated rings. The van der Waals surface area contributed by atoms with Crippen molar-refractivity contribution < 1.29 is 4.79 Å². The molecule has 0 spiro atoms. The third kappa shape index (κ3) is 8.41. The second kappa shape index (κ2) is 12.8. The number of carbonyl (C=O) groups excluding carboxylic acids is 1. The van der Waals surface area contributed by atoms with Gasteiger partial charge in [-0.25, -0.2) is 0 Å². The molecule has 0 saturated carbocycles. The summed E-state index contributed by atoms with van der Waals surface area (Å²) in [4.78, 5) is 23.2. The molecule has 0 bridgehead atoms. The maximum Gasteiger partial charge on any atom is 0.219 e. The molecule has 0 atom stereocenters. The molecular weight excluding hydrogens is 467 g/mol. The Kier molecular flexibility index (Phi) is 11.7. The largest absolute Gasteiger partial charge is 0.357 e. The third-order valence-electron chi connectivity index (χ3n) is 5.72. The van der Waals surface area contributed by atoms with E-state index in [9.17, 15) is 4.79 Å². The van der Waals surface area contributed by atoms with E-state index in [0.29, 0.717) is 0 Å². The molecule has 2 heterocycles. The zero-order valence-electron chi connectivity index (χ0n) is 18.3. The lowest BCUT2D eigenvalue weighted by atomic mass is 9.99. The Bertz CT molecular complexity index is 485. The highest BCUT2D eigenvalue weighted by Crippen LogP contribution is 2.20. The van der Waals surface area contributed by atoms with Crippen LogP contribution < -0.4 is 10.6 Å². The lowest BCUT2D eigenvalue weighted by Gasteiger charge is -2.40. The van der Waals surface area contributed by atoms with Crippen molar-refractivity contribution in [1.82, 2.24) is 25.3 Å². The van der Waals surface area contributed by atoms with Gasteiger partial charge in [-0.3, -0.25) is 19.6 Å². The highest BCUT2D eigenvalue weighted by atomic mass is 127. The minimum atomic E-state index is 0. The number of amides is 1. The van der Waals surface area contributed by atoms with Crippen LogP contribution in [0.5, 0.6) is 0 Å². The smallest absolute Gasteiger partial charge is 0.219 e. The first-order valence-electron chi connectivity index (χ1n) is 10.7. The monoisotopic (exact) mass is 508 g/mol. The number of aliphatic imine (C=N–C) groups is 1. The highest BCUT2D eigenvalue weighted by molar-refractivity contribution is 14.0.